The Morgan fingerprint density at radius 3 is 2.55 bits per heavy atom. The van der Waals surface area contributed by atoms with Crippen LogP contribution in [0.1, 0.15) is 6.42 Å². The van der Waals surface area contributed by atoms with Gasteiger partial charge in [0.25, 0.3) is 0 Å². The fourth-order valence-corrected chi connectivity index (χ4v) is 2.39. The topological polar surface area (TPSA) is 86.8 Å². The molecule has 3 rings (SSSR count). The lowest BCUT2D eigenvalue weighted by Gasteiger charge is -2.20. The summed E-state index contributed by atoms with van der Waals surface area (Å²) in [6, 6.07) is 10.8. The fourth-order valence-electron chi connectivity index (χ4n) is 2.39. The standard InChI is InChI=1S/C14H16N2.C2H2O4/c1-15-9-7-13(8-10-15)16-11-6-12-4-2-3-5-14(12)16;3-1(4)2(5)6/h2-7,11H,8-10H2,1H3;(H,3,4)(H,5,6). The molecule has 1 unspecified atom stereocenters. The van der Waals surface area contributed by atoms with E-state index in [1.54, 1.807) is 4.90 Å². The van der Waals surface area contributed by atoms with Crippen LogP contribution in [0.2, 0.25) is 0 Å². The van der Waals surface area contributed by atoms with E-state index in [0.29, 0.717) is 0 Å². The van der Waals surface area contributed by atoms with E-state index in [1.165, 1.54) is 29.6 Å². The first-order valence-corrected chi connectivity index (χ1v) is 7.00. The molecule has 1 atom stereocenters. The molecule has 2 N–H and O–H groups in total. The normalized spacial score (nSPS) is 17.3. The number of benzene rings is 1. The molecule has 0 spiro atoms. The summed E-state index contributed by atoms with van der Waals surface area (Å²) in [5, 5.41) is 17.6. The van der Waals surface area contributed by atoms with E-state index in [1.807, 2.05) is 0 Å². The van der Waals surface area contributed by atoms with Gasteiger partial charge in [0, 0.05) is 18.3 Å². The van der Waals surface area contributed by atoms with Crippen LogP contribution in [-0.2, 0) is 9.59 Å². The second-order valence-corrected chi connectivity index (χ2v) is 5.19. The summed E-state index contributed by atoms with van der Waals surface area (Å²) < 4.78 is 2.34. The number of carboxylic acids is 2. The number of aliphatic carboxylic acids is 2. The molecule has 1 aliphatic rings. The van der Waals surface area contributed by atoms with Crippen LogP contribution in [0.15, 0.2) is 42.6 Å². The fraction of sp³-hybridized carbons (Fsp3) is 0.250. The van der Waals surface area contributed by atoms with Gasteiger partial charge in [0.15, 0.2) is 5.97 Å². The summed E-state index contributed by atoms with van der Waals surface area (Å²) in [6.45, 7) is 2.38. The summed E-state index contributed by atoms with van der Waals surface area (Å²) in [4.78, 5) is 19.6. The van der Waals surface area contributed by atoms with Crippen molar-refractivity contribution >= 4 is 28.5 Å². The van der Waals surface area contributed by atoms with Crippen LogP contribution < -0.4 is 10.0 Å². The van der Waals surface area contributed by atoms with Gasteiger partial charge < -0.3 is 24.5 Å². The van der Waals surface area contributed by atoms with Crippen molar-refractivity contribution < 1.29 is 24.7 Å². The molecule has 1 aromatic carbocycles. The third-order valence-electron chi connectivity index (χ3n) is 3.58. The van der Waals surface area contributed by atoms with E-state index in [9.17, 15) is 0 Å². The molecule has 0 saturated heterocycles. The maximum Gasteiger partial charge on any atom is 0.351 e. The van der Waals surface area contributed by atoms with E-state index in [2.05, 4.69) is 54.2 Å². The average Bonchev–Trinajstić information content (AvgIpc) is 2.92. The van der Waals surface area contributed by atoms with Crippen LogP contribution in [-0.4, -0.2) is 41.7 Å². The monoisotopic (exact) mass is 302 g/mol. The molecule has 0 radical (unpaired) electrons. The molecule has 0 bridgehead atoms. The van der Waals surface area contributed by atoms with Gasteiger partial charge in [-0.05, 0) is 23.6 Å². The lowest BCUT2D eigenvalue weighted by Crippen LogP contribution is -3.09. The third-order valence-corrected chi connectivity index (χ3v) is 3.58. The van der Waals surface area contributed by atoms with Gasteiger partial charge in [0.05, 0.1) is 25.7 Å². The van der Waals surface area contributed by atoms with Gasteiger partial charge in [-0.15, -0.1) is 0 Å². The van der Waals surface area contributed by atoms with Crippen molar-refractivity contribution in [3.63, 3.8) is 0 Å². The first-order valence-electron chi connectivity index (χ1n) is 7.00. The minimum absolute atomic E-state index is 1.14. The number of likely N-dealkylation sites (N-methyl/N-ethyl adjacent to an activating group) is 1. The highest BCUT2D eigenvalue weighted by Crippen LogP contribution is 2.21. The van der Waals surface area contributed by atoms with E-state index >= 15 is 0 Å². The second kappa shape index (κ2) is 6.91. The molecular formula is C16H18N2O4. The number of nitrogens with one attached hydrogen (secondary N) is 1. The van der Waals surface area contributed by atoms with Crippen LogP contribution in [0.25, 0.3) is 16.6 Å². The third kappa shape index (κ3) is 3.73. The number of quaternary nitrogens is 1. The van der Waals surface area contributed by atoms with Crippen molar-refractivity contribution in [2.45, 2.75) is 6.42 Å². The van der Waals surface area contributed by atoms with Crippen LogP contribution >= 0.6 is 0 Å². The largest absolute Gasteiger partial charge is 0.539 e. The Morgan fingerprint density at radius 2 is 1.95 bits per heavy atom. The number of fused-ring (bicyclic) bond motifs is 1. The Labute approximate surface area is 127 Å². The maximum absolute atomic E-state index is 9.04. The van der Waals surface area contributed by atoms with Crippen LogP contribution in [0.5, 0.6) is 0 Å². The van der Waals surface area contributed by atoms with Crippen molar-refractivity contribution in [1.29, 1.82) is 0 Å². The van der Waals surface area contributed by atoms with Gasteiger partial charge in [-0.2, -0.15) is 0 Å². The van der Waals surface area contributed by atoms with Crippen LogP contribution in [0, 0.1) is 0 Å². The Morgan fingerprint density at radius 1 is 1.27 bits per heavy atom. The second-order valence-electron chi connectivity index (χ2n) is 5.19. The van der Waals surface area contributed by atoms with Crippen molar-refractivity contribution in [2.24, 2.45) is 0 Å². The zero-order valence-corrected chi connectivity index (χ0v) is 12.3. The van der Waals surface area contributed by atoms with Crippen LogP contribution in [0.3, 0.4) is 0 Å². The average molecular weight is 302 g/mol. The first kappa shape index (κ1) is 15.8. The molecule has 0 fully saturated rings. The number of aromatic nitrogens is 1. The molecule has 1 aliphatic heterocycles. The number of nitrogens with zero attached hydrogens (tertiary/aromatic N) is 1. The van der Waals surface area contributed by atoms with Crippen molar-refractivity contribution in [2.75, 3.05) is 20.1 Å². The number of hydrogen-bond acceptors (Lipinski definition) is 3. The predicted molar refractivity (Wildman–Crippen MR) is 80.1 cm³/mol. The molecule has 0 aliphatic carbocycles. The van der Waals surface area contributed by atoms with E-state index in [0.717, 1.165) is 6.54 Å². The van der Waals surface area contributed by atoms with Crippen molar-refractivity contribution in [3.05, 3.63) is 42.6 Å². The minimum atomic E-state index is -2.07. The molecule has 1 aromatic heterocycles. The zero-order valence-electron chi connectivity index (χ0n) is 12.3. The zero-order chi connectivity index (χ0) is 16.1. The number of carbonyl (C=O) groups is 2. The molecular weight excluding hydrogens is 284 g/mol. The number of carboxylic acid groups (broad SMARTS) is 2. The quantitative estimate of drug-likeness (QED) is 0.677. The molecule has 6 nitrogen and oxygen atoms in total. The SMILES string of the molecule is C[NH+]1CC=C(n2ccc3ccccc32)CC1.O=C([O-])C(=O)O. The number of rotatable bonds is 1. The number of para-hydroxylation sites is 1. The van der Waals surface area contributed by atoms with Gasteiger partial charge in [-0.1, -0.05) is 18.2 Å². The molecule has 22 heavy (non-hydrogen) atoms. The van der Waals surface area contributed by atoms with Gasteiger partial charge in [-0.25, -0.2) is 4.79 Å². The molecule has 0 amide bonds. The van der Waals surface area contributed by atoms with Gasteiger partial charge in [0.1, 0.15) is 0 Å². The number of carbonyl (C=O) groups excluding carboxylic acids is 1. The summed E-state index contributed by atoms with van der Waals surface area (Å²) in [7, 11) is 2.25. The van der Waals surface area contributed by atoms with E-state index in [-0.39, 0.29) is 0 Å². The Balaban J connectivity index is 0.000000254. The highest BCUT2D eigenvalue weighted by molar-refractivity contribution is 6.26. The van der Waals surface area contributed by atoms with Gasteiger partial charge in [0.2, 0.25) is 0 Å². The summed E-state index contributed by atoms with van der Waals surface area (Å²) in [5.41, 5.74) is 2.78. The Bertz CT molecular complexity index is 706. The molecule has 2 heterocycles. The van der Waals surface area contributed by atoms with Gasteiger partial charge >= 0.3 is 5.97 Å². The summed E-state index contributed by atoms with van der Waals surface area (Å²) in [5.74, 6) is -4.01. The van der Waals surface area contributed by atoms with Crippen molar-refractivity contribution in [1.82, 2.24) is 4.57 Å². The minimum Gasteiger partial charge on any atom is -0.539 e. The number of hydrogen-bond donors (Lipinski definition) is 2. The molecule has 2 aromatic rings. The molecule has 0 saturated carbocycles. The van der Waals surface area contributed by atoms with Crippen LogP contribution in [0.4, 0.5) is 0 Å². The Hall–Kier alpha value is -2.60. The van der Waals surface area contributed by atoms with Gasteiger partial charge in [-0.3, -0.25) is 0 Å². The predicted octanol–water partition coefficient (Wildman–Crippen LogP) is -0.778. The summed E-state index contributed by atoms with van der Waals surface area (Å²) >= 11 is 0. The first-order chi connectivity index (χ1) is 10.5. The van der Waals surface area contributed by atoms with E-state index in [4.69, 9.17) is 19.8 Å². The lowest BCUT2D eigenvalue weighted by atomic mass is 10.2. The Kier molecular flexibility index (Phi) is 4.95. The highest BCUT2D eigenvalue weighted by Gasteiger charge is 2.13. The highest BCUT2D eigenvalue weighted by atomic mass is 16.4. The van der Waals surface area contributed by atoms with E-state index < -0.39 is 11.9 Å². The molecule has 116 valence electrons. The molecule has 6 heteroatoms. The maximum atomic E-state index is 9.04. The van der Waals surface area contributed by atoms with Crippen molar-refractivity contribution in [3.8, 4) is 0 Å². The summed E-state index contributed by atoms with van der Waals surface area (Å²) in [6.07, 6.45) is 5.73. The smallest absolute Gasteiger partial charge is 0.351 e. The lowest BCUT2D eigenvalue weighted by molar-refractivity contribution is -0.874.